The fraction of sp³-hybridized carbons (Fsp3) is 0.714. The summed E-state index contributed by atoms with van der Waals surface area (Å²) in [5.74, 6) is 1.51. The largest absolute Gasteiger partial charge is 2.00 e. The molecule has 2 aliphatic rings. The minimum atomic E-state index is 0. The van der Waals surface area contributed by atoms with Crippen molar-refractivity contribution in [3.63, 3.8) is 0 Å². The molecule has 1 heteroatoms. The first-order valence-corrected chi connectivity index (χ1v) is 11.2. The smallest absolute Gasteiger partial charge is 0.268 e. The molecule has 0 heterocycles. The van der Waals surface area contributed by atoms with Gasteiger partial charge in [0.25, 0.3) is 0 Å². The molecule has 0 radical (unpaired) electrons. The summed E-state index contributed by atoms with van der Waals surface area (Å²) in [5, 5.41) is 0. The van der Waals surface area contributed by atoms with Gasteiger partial charge in [0.1, 0.15) is 0 Å². The second-order valence-corrected chi connectivity index (χ2v) is 11.2. The molecule has 0 aromatic heterocycles. The maximum Gasteiger partial charge on any atom is 2.00 e. The second kappa shape index (κ2) is 11.5. The minimum absolute atomic E-state index is 0. The Morgan fingerprint density at radius 2 is 0.931 bits per heavy atom. The molecule has 0 spiro atoms. The Morgan fingerprint density at radius 1 is 0.655 bits per heavy atom. The first kappa shape index (κ1) is 28.8. The third kappa shape index (κ3) is 8.12. The molecule has 0 N–H and O–H groups in total. The zero-order chi connectivity index (χ0) is 21.9. The quantitative estimate of drug-likeness (QED) is 0.337. The Labute approximate surface area is 202 Å². The normalized spacial score (nSPS) is 17.4. The van der Waals surface area contributed by atoms with Gasteiger partial charge >= 0.3 is 26.2 Å². The minimum Gasteiger partial charge on any atom is -0.268 e. The van der Waals surface area contributed by atoms with E-state index in [-0.39, 0.29) is 26.2 Å². The van der Waals surface area contributed by atoms with Crippen molar-refractivity contribution in [2.24, 2.45) is 22.7 Å². The van der Waals surface area contributed by atoms with E-state index in [1.807, 2.05) is 0 Å². The van der Waals surface area contributed by atoms with Crippen LogP contribution in [0.1, 0.15) is 109 Å². The molecule has 2 rings (SSSR count). The third-order valence-corrected chi connectivity index (χ3v) is 6.28. The van der Waals surface area contributed by atoms with Crippen molar-refractivity contribution in [1.82, 2.24) is 0 Å². The van der Waals surface area contributed by atoms with Gasteiger partial charge < -0.3 is 0 Å². The van der Waals surface area contributed by atoms with Crippen molar-refractivity contribution in [3.8, 4) is 0 Å². The van der Waals surface area contributed by atoms with E-state index >= 15 is 0 Å². The van der Waals surface area contributed by atoms with Crippen molar-refractivity contribution in [2.75, 3.05) is 0 Å². The molecule has 0 aliphatic heterocycles. The Bertz CT molecular complexity index is 615. The molecule has 0 saturated heterocycles. The molecule has 162 valence electrons. The van der Waals surface area contributed by atoms with Gasteiger partial charge in [-0.15, -0.1) is 26.7 Å². The molecular weight excluding hydrogens is 428 g/mol. The van der Waals surface area contributed by atoms with E-state index in [4.69, 9.17) is 0 Å². The first-order chi connectivity index (χ1) is 12.7. The summed E-state index contributed by atoms with van der Waals surface area (Å²) in [6, 6.07) is 0. The van der Waals surface area contributed by atoms with Gasteiger partial charge in [-0.3, -0.25) is 12.2 Å². The number of hydrogen-bond donors (Lipinski definition) is 0. The molecule has 0 amide bonds. The number of allylic oxidation sites excluding steroid dienone is 8. The van der Waals surface area contributed by atoms with Crippen LogP contribution in [0, 0.1) is 34.8 Å². The molecule has 0 aromatic carbocycles. The van der Waals surface area contributed by atoms with Crippen molar-refractivity contribution in [2.45, 2.75) is 109 Å². The molecule has 0 bridgehead atoms. The molecule has 29 heavy (non-hydrogen) atoms. The van der Waals surface area contributed by atoms with Crippen LogP contribution in [-0.4, -0.2) is 0 Å². The van der Waals surface area contributed by atoms with Crippen LogP contribution in [0.2, 0.25) is 0 Å². The summed E-state index contributed by atoms with van der Waals surface area (Å²) in [4.78, 5) is 0. The summed E-state index contributed by atoms with van der Waals surface area (Å²) in [6.07, 6.45) is 11.7. The average Bonchev–Trinajstić information content (AvgIpc) is 3.02. The van der Waals surface area contributed by atoms with E-state index in [1.54, 1.807) is 0 Å². The van der Waals surface area contributed by atoms with Gasteiger partial charge in [-0.1, -0.05) is 69.2 Å². The van der Waals surface area contributed by atoms with Crippen LogP contribution in [0.3, 0.4) is 0 Å². The molecule has 0 nitrogen and oxygen atoms in total. The molecule has 0 saturated carbocycles. The molecule has 0 fully saturated rings. The van der Waals surface area contributed by atoms with Gasteiger partial charge in [-0.25, -0.2) is 11.1 Å². The summed E-state index contributed by atoms with van der Waals surface area (Å²) in [5.41, 5.74) is 9.49. The first-order valence-electron chi connectivity index (χ1n) is 11.2. The Kier molecular flexibility index (Phi) is 11.4. The fourth-order valence-electron chi connectivity index (χ4n) is 5.14. The zero-order valence-electron chi connectivity index (χ0n) is 21.5. The van der Waals surface area contributed by atoms with Gasteiger partial charge in [0, 0.05) is 0 Å². The average molecular weight is 474 g/mol. The molecule has 0 atom stereocenters. The van der Waals surface area contributed by atoms with Gasteiger partial charge in [0.2, 0.25) is 0 Å². The van der Waals surface area contributed by atoms with E-state index in [9.17, 15) is 0 Å². The van der Waals surface area contributed by atoms with Crippen LogP contribution in [-0.2, 0) is 26.2 Å². The van der Waals surface area contributed by atoms with Crippen LogP contribution >= 0.6 is 0 Å². The predicted octanol–water partition coefficient (Wildman–Crippen LogP) is 9.05. The summed E-state index contributed by atoms with van der Waals surface area (Å²) in [7, 11) is 0. The van der Waals surface area contributed by atoms with Crippen molar-refractivity contribution in [3.05, 3.63) is 45.6 Å². The van der Waals surface area contributed by atoms with E-state index in [1.165, 1.54) is 46.3 Å². The third-order valence-electron chi connectivity index (χ3n) is 6.28. The van der Waals surface area contributed by atoms with E-state index in [0.29, 0.717) is 10.8 Å². The Balaban J connectivity index is 0.000000523. The summed E-state index contributed by atoms with van der Waals surface area (Å²) < 4.78 is 0. The molecule has 2 aliphatic carbocycles. The fourth-order valence-corrected chi connectivity index (χ4v) is 5.14. The second-order valence-electron chi connectivity index (χ2n) is 11.2. The SMILES string of the molecule is CC1=C(C)C(C(C)(C)CC(C)C)=[C-]C1.CC1=C(C)C(C(C)(C)CC(C)C)=[C-]C1.[Zr+2]. The van der Waals surface area contributed by atoms with Crippen LogP contribution in [0.5, 0.6) is 0 Å². The van der Waals surface area contributed by atoms with Gasteiger partial charge in [-0.05, 0) is 35.5 Å². The van der Waals surface area contributed by atoms with E-state index in [0.717, 1.165) is 24.7 Å². The van der Waals surface area contributed by atoms with Crippen molar-refractivity contribution >= 4 is 0 Å². The summed E-state index contributed by atoms with van der Waals surface area (Å²) in [6.45, 7) is 27.5. The Morgan fingerprint density at radius 3 is 1.10 bits per heavy atom. The van der Waals surface area contributed by atoms with Crippen molar-refractivity contribution < 1.29 is 26.2 Å². The monoisotopic (exact) mass is 472 g/mol. The maximum absolute atomic E-state index is 3.54. The van der Waals surface area contributed by atoms with Crippen LogP contribution in [0.25, 0.3) is 0 Å². The topological polar surface area (TPSA) is 0 Å². The molecular formula is C28H46Zr. The van der Waals surface area contributed by atoms with E-state index < -0.39 is 0 Å². The van der Waals surface area contributed by atoms with Crippen LogP contribution in [0.4, 0.5) is 0 Å². The van der Waals surface area contributed by atoms with Gasteiger partial charge in [0.05, 0.1) is 0 Å². The van der Waals surface area contributed by atoms with Crippen LogP contribution < -0.4 is 0 Å². The van der Waals surface area contributed by atoms with E-state index in [2.05, 4.69) is 95.2 Å². The number of rotatable bonds is 6. The molecule has 0 unspecified atom stereocenters. The Hall–Kier alpha value is -0.157. The predicted molar refractivity (Wildman–Crippen MR) is 126 cm³/mol. The van der Waals surface area contributed by atoms with Crippen LogP contribution in [0.15, 0.2) is 33.4 Å². The standard InChI is InChI=1S/2C14H23.Zr/c2*1-10(2)9-14(5,6)13-8-7-11(3)12(13)4;/h2*10H,7,9H2,1-6H3;/q2*-1;+2. The maximum atomic E-state index is 3.54. The van der Waals surface area contributed by atoms with Gasteiger partial charge in [0.15, 0.2) is 0 Å². The van der Waals surface area contributed by atoms with Crippen molar-refractivity contribution in [1.29, 1.82) is 0 Å². The number of hydrogen-bond acceptors (Lipinski definition) is 0. The zero-order valence-corrected chi connectivity index (χ0v) is 23.9. The molecule has 0 aromatic rings. The summed E-state index contributed by atoms with van der Waals surface area (Å²) >= 11 is 0. The van der Waals surface area contributed by atoms with Gasteiger partial charge in [-0.2, -0.15) is 22.3 Å².